The summed E-state index contributed by atoms with van der Waals surface area (Å²) >= 11 is 0. The Labute approximate surface area is 126 Å². The predicted molar refractivity (Wildman–Crippen MR) is 71.1 cm³/mol. The van der Waals surface area contributed by atoms with Gasteiger partial charge in [0.1, 0.15) is 0 Å². The van der Waals surface area contributed by atoms with Crippen molar-refractivity contribution < 1.29 is 22.5 Å². The second kappa shape index (κ2) is 12.2. The number of ether oxygens (including phenoxy) is 1. The predicted octanol–water partition coefficient (Wildman–Crippen LogP) is 1.79. The second-order valence-corrected chi connectivity index (χ2v) is 5.60. The van der Waals surface area contributed by atoms with Crippen molar-refractivity contribution in [3.63, 3.8) is 0 Å². The first-order valence-corrected chi connectivity index (χ1v) is 7.67. The van der Waals surface area contributed by atoms with Gasteiger partial charge in [-0.2, -0.15) is 8.42 Å². The minimum absolute atomic E-state index is 0. The van der Waals surface area contributed by atoms with Crippen molar-refractivity contribution in [1.82, 2.24) is 0 Å². The molecule has 0 atom stereocenters. The van der Waals surface area contributed by atoms with Crippen molar-refractivity contribution in [3.05, 3.63) is 0 Å². The monoisotopic (exact) mass is 290 g/mol. The van der Waals surface area contributed by atoms with Crippen LogP contribution in [0.25, 0.3) is 0 Å². The van der Waals surface area contributed by atoms with Crippen molar-refractivity contribution in [2.24, 2.45) is 0 Å². The number of esters is 1. The minimum Gasteiger partial charge on any atom is -0.466 e. The molecule has 5 nitrogen and oxygen atoms in total. The molecule has 0 fully saturated rings. The molecule has 0 amide bonds. The Morgan fingerprint density at radius 1 is 1.11 bits per heavy atom. The van der Waals surface area contributed by atoms with Crippen LogP contribution in [-0.4, -0.2) is 54.4 Å². The summed E-state index contributed by atoms with van der Waals surface area (Å²) in [5, 5.41) is 0. The van der Waals surface area contributed by atoms with E-state index in [1.54, 1.807) is 0 Å². The van der Waals surface area contributed by atoms with Crippen LogP contribution in [0.15, 0.2) is 0 Å². The summed E-state index contributed by atoms with van der Waals surface area (Å²) in [5.41, 5.74) is 0. The molecule has 104 valence electrons. The van der Waals surface area contributed by atoms with Crippen LogP contribution >= 0.6 is 0 Å². The van der Waals surface area contributed by atoms with E-state index in [2.05, 4.69) is 0 Å². The smallest absolute Gasteiger partial charge is 0.305 e. The first kappa shape index (κ1) is 20.5. The Balaban J connectivity index is 0. The van der Waals surface area contributed by atoms with Crippen LogP contribution in [0.1, 0.15) is 51.9 Å². The maximum Gasteiger partial charge on any atom is 0.305 e. The molecule has 0 aliphatic rings. The van der Waals surface area contributed by atoms with E-state index in [0.717, 1.165) is 25.7 Å². The average molecular weight is 291 g/mol. The van der Waals surface area contributed by atoms with Crippen LogP contribution < -0.4 is 0 Å². The fourth-order valence-electron chi connectivity index (χ4n) is 1.32. The molecule has 0 saturated carbocycles. The van der Waals surface area contributed by atoms with E-state index in [1.165, 1.54) is 0 Å². The lowest BCUT2D eigenvalue weighted by Crippen LogP contribution is -2.06. The largest absolute Gasteiger partial charge is 0.466 e. The highest BCUT2D eigenvalue weighted by molar-refractivity contribution is 7.85. The fourth-order valence-corrected chi connectivity index (χ4v) is 1.89. The molecule has 0 aromatic carbocycles. The quantitative estimate of drug-likeness (QED) is 0.287. The van der Waals surface area contributed by atoms with Crippen LogP contribution in [0.5, 0.6) is 0 Å². The van der Waals surface area contributed by atoms with Gasteiger partial charge in [-0.25, -0.2) is 0 Å². The van der Waals surface area contributed by atoms with E-state index in [1.807, 2.05) is 6.92 Å². The molecule has 0 aromatic rings. The number of rotatable bonds is 10. The highest BCUT2D eigenvalue weighted by Gasteiger charge is 2.04. The van der Waals surface area contributed by atoms with Gasteiger partial charge in [0, 0.05) is 29.5 Å². The van der Waals surface area contributed by atoms with E-state index < -0.39 is 10.1 Å². The highest BCUT2D eigenvalue weighted by Crippen LogP contribution is 2.03. The summed E-state index contributed by atoms with van der Waals surface area (Å²) in [6.45, 7) is 2.41. The molecule has 2 radical (unpaired) electrons. The van der Waals surface area contributed by atoms with Crippen molar-refractivity contribution in [1.29, 1.82) is 0 Å². The number of carbonyl (C=O) groups excluding carboxylic acids is 1. The maximum absolute atomic E-state index is 11.1. The SMILES string of the molecule is CCCCC(=O)OCCCCCCS(=O)(=O)O.[Mg]. The summed E-state index contributed by atoms with van der Waals surface area (Å²) in [5.74, 6) is -0.353. The van der Waals surface area contributed by atoms with E-state index in [9.17, 15) is 13.2 Å². The molecule has 0 spiro atoms. The van der Waals surface area contributed by atoms with Crippen molar-refractivity contribution in [2.75, 3.05) is 12.4 Å². The zero-order valence-electron chi connectivity index (χ0n) is 11.1. The van der Waals surface area contributed by atoms with Crippen LogP contribution in [-0.2, 0) is 19.6 Å². The van der Waals surface area contributed by atoms with Gasteiger partial charge in [0.15, 0.2) is 0 Å². The molecular formula is C11H22MgO5S. The van der Waals surface area contributed by atoms with E-state index >= 15 is 0 Å². The Hall–Kier alpha value is 0.146. The van der Waals surface area contributed by atoms with Gasteiger partial charge < -0.3 is 4.74 Å². The first-order valence-electron chi connectivity index (χ1n) is 6.06. The zero-order valence-corrected chi connectivity index (χ0v) is 13.3. The summed E-state index contributed by atoms with van der Waals surface area (Å²) in [6.07, 6.45) is 5.01. The number of hydrogen-bond acceptors (Lipinski definition) is 4. The molecule has 0 bridgehead atoms. The lowest BCUT2D eigenvalue weighted by molar-refractivity contribution is -0.143. The molecule has 0 heterocycles. The normalized spacial score (nSPS) is 10.8. The first-order chi connectivity index (χ1) is 7.95. The van der Waals surface area contributed by atoms with E-state index in [0.29, 0.717) is 25.9 Å². The second-order valence-electron chi connectivity index (χ2n) is 4.02. The molecule has 0 saturated heterocycles. The summed E-state index contributed by atoms with van der Waals surface area (Å²) < 4.78 is 34.3. The lowest BCUT2D eigenvalue weighted by atomic mass is 10.2. The number of carbonyl (C=O) groups is 1. The van der Waals surface area contributed by atoms with Gasteiger partial charge in [-0.15, -0.1) is 0 Å². The Bertz CT molecular complexity index is 303. The summed E-state index contributed by atoms with van der Waals surface area (Å²) in [7, 11) is -3.83. The molecule has 0 aliphatic heterocycles. The third-order valence-electron chi connectivity index (χ3n) is 2.29. The van der Waals surface area contributed by atoms with Crippen LogP contribution in [0, 0.1) is 0 Å². The maximum atomic E-state index is 11.1. The Morgan fingerprint density at radius 3 is 2.28 bits per heavy atom. The zero-order chi connectivity index (χ0) is 13.1. The highest BCUT2D eigenvalue weighted by atomic mass is 32.2. The Kier molecular flexibility index (Phi) is 13.9. The standard InChI is InChI=1S/C11H22O5S.Mg/c1-2-3-8-11(12)16-9-6-4-5-7-10-17(13,14)15;/h2-10H2,1H3,(H,13,14,15);. The van der Waals surface area contributed by atoms with Gasteiger partial charge in [-0.05, 0) is 19.3 Å². The minimum atomic E-state index is -3.83. The molecule has 0 aromatic heterocycles. The van der Waals surface area contributed by atoms with Crippen LogP contribution in [0.4, 0.5) is 0 Å². The topological polar surface area (TPSA) is 80.7 Å². The molecule has 0 rings (SSSR count). The number of unbranched alkanes of at least 4 members (excludes halogenated alkanes) is 4. The van der Waals surface area contributed by atoms with E-state index in [-0.39, 0.29) is 34.8 Å². The number of hydrogen-bond donors (Lipinski definition) is 1. The molecule has 0 unspecified atom stereocenters. The Morgan fingerprint density at radius 2 is 1.72 bits per heavy atom. The third-order valence-corrected chi connectivity index (χ3v) is 3.10. The van der Waals surface area contributed by atoms with Crippen molar-refractivity contribution in [3.8, 4) is 0 Å². The molecular weight excluding hydrogens is 268 g/mol. The van der Waals surface area contributed by atoms with Crippen molar-refractivity contribution in [2.45, 2.75) is 51.9 Å². The third kappa shape index (κ3) is 16.1. The van der Waals surface area contributed by atoms with Gasteiger partial charge >= 0.3 is 5.97 Å². The van der Waals surface area contributed by atoms with Gasteiger partial charge in [0.25, 0.3) is 10.1 Å². The average Bonchev–Trinajstić information content (AvgIpc) is 2.23. The fraction of sp³-hybridized carbons (Fsp3) is 0.909. The molecule has 1 N–H and O–H groups in total. The van der Waals surface area contributed by atoms with Crippen molar-refractivity contribution >= 4 is 39.1 Å². The summed E-state index contributed by atoms with van der Waals surface area (Å²) in [6, 6.07) is 0. The van der Waals surface area contributed by atoms with Crippen LogP contribution in [0.2, 0.25) is 0 Å². The van der Waals surface area contributed by atoms with Gasteiger partial charge in [-0.3, -0.25) is 9.35 Å². The molecule has 0 aliphatic carbocycles. The lowest BCUT2D eigenvalue weighted by Gasteiger charge is -2.04. The molecule has 7 heteroatoms. The van der Waals surface area contributed by atoms with Gasteiger partial charge in [0.05, 0.1) is 12.4 Å². The summed E-state index contributed by atoms with van der Waals surface area (Å²) in [4.78, 5) is 11.1. The van der Waals surface area contributed by atoms with Crippen LogP contribution in [0.3, 0.4) is 0 Å². The van der Waals surface area contributed by atoms with Gasteiger partial charge in [0.2, 0.25) is 0 Å². The molecule has 18 heavy (non-hydrogen) atoms. The van der Waals surface area contributed by atoms with E-state index in [4.69, 9.17) is 9.29 Å². The van der Waals surface area contributed by atoms with Gasteiger partial charge in [-0.1, -0.05) is 26.2 Å².